The van der Waals surface area contributed by atoms with E-state index >= 15 is 0 Å². The third-order valence-electron chi connectivity index (χ3n) is 3.56. The Morgan fingerprint density at radius 2 is 2.11 bits per heavy atom. The van der Waals surface area contributed by atoms with E-state index in [1.54, 1.807) is 11.3 Å². The van der Waals surface area contributed by atoms with Crippen molar-refractivity contribution in [2.45, 2.75) is 18.4 Å². The Morgan fingerprint density at radius 3 is 2.83 bits per heavy atom. The number of piperidine rings is 1. The molecule has 0 unspecified atom stereocenters. The van der Waals surface area contributed by atoms with Gasteiger partial charge in [-0.2, -0.15) is 0 Å². The lowest BCUT2D eigenvalue weighted by molar-refractivity contribution is -0.0202. The van der Waals surface area contributed by atoms with Gasteiger partial charge in [0.15, 0.2) is 0 Å². The molecule has 2 aromatic rings. The fraction of sp³-hybridized carbons (Fsp3) is 0.462. The Morgan fingerprint density at radius 1 is 1.39 bits per heavy atom. The van der Waals surface area contributed by atoms with E-state index in [1.165, 1.54) is 0 Å². The summed E-state index contributed by atoms with van der Waals surface area (Å²) in [5, 5.41) is 12.2. The van der Waals surface area contributed by atoms with Crippen LogP contribution in [-0.2, 0) is 5.60 Å². The molecular formula is C13H15ClN2OS. The van der Waals surface area contributed by atoms with Crippen molar-refractivity contribution in [2.24, 2.45) is 0 Å². The Labute approximate surface area is 115 Å². The number of thiazole rings is 1. The minimum absolute atomic E-state index is 0.690. The minimum atomic E-state index is -0.761. The molecule has 1 aliphatic heterocycles. The maximum absolute atomic E-state index is 10.7. The molecule has 0 radical (unpaired) electrons. The molecule has 1 aromatic heterocycles. The first-order chi connectivity index (χ1) is 8.57. The maximum atomic E-state index is 10.7. The van der Waals surface area contributed by atoms with Crippen LogP contribution in [0.25, 0.3) is 10.2 Å². The lowest BCUT2D eigenvalue weighted by atomic mass is 9.92. The molecule has 0 amide bonds. The van der Waals surface area contributed by atoms with E-state index < -0.39 is 5.60 Å². The monoisotopic (exact) mass is 282 g/mol. The van der Waals surface area contributed by atoms with E-state index in [9.17, 15) is 5.11 Å². The molecule has 18 heavy (non-hydrogen) atoms. The van der Waals surface area contributed by atoms with Crippen LogP contribution in [0.15, 0.2) is 18.2 Å². The molecule has 5 heteroatoms. The van der Waals surface area contributed by atoms with Gasteiger partial charge in [0.1, 0.15) is 10.6 Å². The molecule has 3 rings (SSSR count). The van der Waals surface area contributed by atoms with E-state index in [0.29, 0.717) is 5.02 Å². The number of aliphatic hydroxyl groups is 1. The van der Waals surface area contributed by atoms with Gasteiger partial charge in [-0.3, -0.25) is 0 Å². The summed E-state index contributed by atoms with van der Waals surface area (Å²) < 4.78 is 1.08. The van der Waals surface area contributed by atoms with Crippen molar-refractivity contribution >= 4 is 33.2 Å². The van der Waals surface area contributed by atoms with Crippen molar-refractivity contribution in [1.82, 2.24) is 9.88 Å². The van der Waals surface area contributed by atoms with Crippen molar-refractivity contribution in [3.63, 3.8) is 0 Å². The average molecular weight is 283 g/mol. The summed E-state index contributed by atoms with van der Waals surface area (Å²) in [6.07, 6.45) is 1.49. The highest BCUT2D eigenvalue weighted by Crippen LogP contribution is 2.37. The Balaban J connectivity index is 1.98. The second-order valence-corrected chi connectivity index (χ2v) is 6.43. The highest BCUT2D eigenvalue weighted by molar-refractivity contribution is 7.18. The molecule has 0 saturated carbocycles. The standard InChI is InChI=1S/C13H15ClN2OS/c1-16-6-4-13(17,5-7-16)12-15-10-8-9(14)2-3-11(10)18-12/h2-3,8,17H,4-7H2,1H3. The van der Waals surface area contributed by atoms with Gasteiger partial charge < -0.3 is 10.0 Å². The zero-order valence-electron chi connectivity index (χ0n) is 10.2. The van der Waals surface area contributed by atoms with Crippen LogP contribution >= 0.6 is 22.9 Å². The van der Waals surface area contributed by atoms with Gasteiger partial charge in [0.2, 0.25) is 0 Å². The van der Waals surface area contributed by atoms with Crippen LogP contribution in [0, 0.1) is 0 Å². The summed E-state index contributed by atoms with van der Waals surface area (Å²) in [4.78, 5) is 6.79. The topological polar surface area (TPSA) is 36.4 Å². The van der Waals surface area contributed by atoms with Crippen molar-refractivity contribution in [2.75, 3.05) is 20.1 Å². The number of hydrogen-bond acceptors (Lipinski definition) is 4. The maximum Gasteiger partial charge on any atom is 0.126 e. The Hall–Kier alpha value is -0.680. The van der Waals surface area contributed by atoms with Crippen molar-refractivity contribution in [3.05, 3.63) is 28.2 Å². The van der Waals surface area contributed by atoms with Crippen molar-refractivity contribution in [1.29, 1.82) is 0 Å². The van der Waals surface area contributed by atoms with Crippen LogP contribution in [0.2, 0.25) is 5.02 Å². The summed E-state index contributed by atoms with van der Waals surface area (Å²) in [7, 11) is 2.08. The van der Waals surface area contributed by atoms with Crippen LogP contribution < -0.4 is 0 Å². The number of hydrogen-bond donors (Lipinski definition) is 1. The quantitative estimate of drug-likeness (QED) is 0.874. The number of halogens is 1. The number of rotatable bonds is 1. The minimum Gasteiger partial charge on any atom is -0.383 e. The van der Waals surface area contributed by atoms with E-state index in [1.807, 2.05) is 18.2 Å². The summed E-state index contributed by atoms with van der Waals surface area (Å²) >= 11 is 7.54. The Bertz CT molecular complexity index is 575. The fourth-order valence-electron chi connectivity index (χ4n) is 2.30. The normalized spacial score (nSPS) is 20.4. The highest BCUT2D eigenvalue weighted by Gasteiger charge is 2.35. The molecule has 2 heterocycles. The molecule has 1 fully saturated rings. The summed E-state index contributed by atoms with van der Waals surface area (Å²) in [5.74, 6) is 0. The SMILES string of the molecule is CN1CCC(O)(c2nc3cc(Cl)ccc3s2)CC1. The highest BCUT2D eigenvalue weighted by atomic mass is 35.5. The molecular weight excluding hydrogens is 268 g/mol. The zero-order valence-corrected chi connectivity index (χ0v) is 11.8. The third kappa shape index (κ3) is 2.14. The Kier molecular flexibility index (Phi) is 3.06. The van der Waals surface area contributed by atoms with Gasteiger partial charge in [-0.25, -0.2) is 4.98 Å². The predicted molar refractivity (Wildman–Crippen MR) is 75.3 cm³/mol. The van der Waals surface area contributed by atoms with Gasteiger partial charge in [-0.05, 0) is 38.1 Å². The van der Waals surface area contributed by atoms with Gasteiger partial charge in [0.05, 0.1) is 10.2 Å². The molecule has 96 valence electrons. The van der Waals surface area contributed by atoms with Crippen molar-refractivity contribution < 1.29 is 5.11 Å². The van der Waals surface area contributed by atoms with E-state index in [2.05, 4.69) is 16.9 Å². The summed E-state index contributed by atoms with van der Waals surface area (Å²) in [6.45, 7) is 1.82. The van der Waals surface area contributed by atoms with Gasteiger partial charge in [-0.1, -0.05) is 11.6 Å². The fourth-order valence-corrected chi connectivity index (χ4v) is 3.56. The van der Waals surface area contributed by atoms with Crippen LogP contribution in [0.1, 0.15) is 17.8 Å². The van der Waals surface area contributed by atoms with Gasteiger partial charge in [0.25, 0.3) is 0 Å². The summed E-state index contributed by atoms with van der Waals surface area (Å²) in [6, 6.07) is 5.69. The van der Waals surface area contributed by atoms with Gasteiger partial charge in [-0.15, -0.1) is 11.3 Å². The number of nitrogens with zero attached hydrogens (tertiary/aromatic N) is 2. The van der Waals surface area contributed by atoms with Crippen LogP contribution in [-0.4, -0.2) is 35.1 Å². The number of aromatic nitrogens is 1. The predicted octanol–water partition coefficient (Wildman–Crippen LogP) is 2.86. The first-order valence-electron chi connectivity index (χ1n) is 6.04. The second kappa shape index (κ2) is 4.46. The lowest BCUT2D eigenvalue weighted by Crippen LogP contribution is -2.40. The first kappa shape index (κ1) is 12.4. The van der Waals surface area contributed by atoms with E-state index in [0.717, 1.165) is 41.2 Å². The average Bonchev–Trinajstić information content (AvgIpc) is 2.77. The third-order valence-corrected chi connectivity index (χ3v) is 5.03. The summed E-state index contributed by atoms with van der Waals surface area (Å²) in [5.41, 5.74) is 0.123. The molecule has 0 spiro atoms. The van der Waals surface area contributed by atoms with Crippen LogP contribution in [0.5, 0.6) is 0 Å². The molecule has 1 saturated heterocycles. The van der Waals surface area contributed by atoms with Crippen molar-refractivity contribution in [3.8, 4) is 0 Å². The molecule has 1 aliphatic rings. The molecule has 3 nitrogen and oxygen atoms in total. The second-order valence-electron chi connectivity index (χ2n) is 4.97. The number of fused-ring (bicyclic) bond motifs is 1. The van der Waals surface area contributed by atoms with E-state index in [4.69, 9.17) is 11.6 Å². The largest absolute Gasteiger partial charge is 0.383 e. The van der Waals surface area contributed by atoms with Gasteiger partial charge >= 0.3 is 0 Å². The number of likely N-dealkylation sites (tertiary alicyclic amines) is 1. The molecule has 1 aromatic carbocycles. The smallest absolute Gasteiger partial charge is 0.126 e. The number of benzene rings is 1. The van der Waals surface area contributed by atoms with Gasteiger partial charge in [0, 0.05) is 18.1 Å². The zero-order chi connectivity index (χ0) is 12.8. The van der Waals surface area contributed by atoms with Crippen LogP contribution in [0.4, 0.5) is 0 Å². The van der Waals surface area contributed by atoms with Crippen LogP contribution in [0.3, 0.4) is 0 Å². The molecule has 0 aliphatic carbocycles. The lowest BCUT2D eigenvalue weighted by Gasteiger charge is -2.34. The van der Waals surface area contributed by atoms with E-state index in [-0.39, 0.29) is 0 Å². The molecule has 0 atom stereocenters. The molecule has 1 N–H and O–H groups in total. The molecule has 0 bridgehead atoms. The first-order valence-corrected chi connectivity index (χ1v) is 7.24.